The van der Waals surface area contributed by atoms with E-state index in [1.54, 1.807) is 24.3 Å². The second-order valence-corrected chi connectivity index (χ2v) is 11.5. The summed E-state index contributed by atoms with van der Waals surface area (Å²) in [5.74, 6) is -1.07. The molecular weight excluding hydrogens is 556 g/mol. The topological polar surface area (TPSA) is 130 Å². The van der Waals surface area contributed by atoms with Crippen molar-refractivity contribution in [2.45, 2.75) is 32.4 Å². The zero-order chi connectivity index (χ0) is 29.3. The van der Waals surface area contributed by atoms with Crippen molar-refractivity contribution in [1.29, 1.82) is 0 Å². The number of sulfonamides is 1. The highest BCUT2D eigenvalue weighted by molar-refractivity contribution is 7.92. The summed E-state index contributed by atoms with van der Waals surface area (Å²) in [6.07, 6.45) is 1.76. The standard InChI is InChI=1S/C28H31ClN4O6S/c1-3-16-30-28(35)26(17-21-10-5-4-6-11-21)31(19-22-12-7-8-15-25(22)29)27(34)20-32(40(2,38)39)23-13-9-14-24(18-23)33(36)37/h4-15,18,26H,3,16-17,19-20H2,1-2H3,(H,30,35)/t26-/m1/s1. The number of rotatable bonds is 13. The van der Waals surface area contributed by atoms with Gasteiger partial charge in [0.1, 0.15) is 12.6 Å². The van der Waals surface area contributed by atoms with Crippen LogP contribution in [0, 0.1) is 10.1 Å². The van der Waals surface area contributed by atoms with E-state index in [-0.39, 0.29) is 24.3 Å². The molecule has 212 valence electrons. The first-order valence-corrected chi connectivity index (χ1v) is 14.8. The number of amides is 2. The van der Waals surface area contributed by atoms with E-state index in [1.807, 2.05) is 37.3 Å². The fourth-order valence-electron chi connectivity index (χ4n) is 4.11. The van der Waals surface area contributed by atoms with Crippen LogP contribution in [0.25, 0.3) is 0 Å². The van der Waals surface area contributed by atoms with Gasteiger partial charge in [-0.25, -0.2) is 8.42 Å². The Morgan fingerprint density at radius 2 is 1.70 bits per heavy atom. The molecule has 10 nitrogen and oxygen atoms in total. The van der Waals surface area contributed by atoms with E-state index in [9.17, 15) is 28.1 Å². The predicted octanol–water partition coefficient (Wildman–Crippen LogP) is 4.18. The van der Waals surface area contributed by atoms with E-state index in [0.717, 1.165) is 22.2 Å². The number of nitro benzene ring substituents is 1. The van der Waals surface area contributed by atoms with Crippen molar-refractivity contribution in [2.75, 3.05) is 23.7 Å². The molecule has 40 heavy (non-hydrogen) atoms. The van der Waals surface area contributed by atoms with E-state index in [0.29, 0.717) is 23.6 Å². The summed E-state index contributed by atoms with van der Waals surface area (Å²) < 4.78 is 26.4. The van der Waals surface area contributed by atoms with E-state index >= 15 is 0 Å². The summed E-state index contributed by atoms with van der Waals surface area (Å²) in [6.45, 7) is 1.54. The Kier molecular flexibility index (Phi) is 10.6. The van der Waals surface area contributed by atoms with Crippen LogP contribution >= 0.6 is 11.6 Å². The molecule has 0 radical (unpaired) electrons. The summed E-state index contributed by atoms with van der Waals surface area (Å²) in [6, 6.07) is 20.1. The van der Waals surface area contributed by atoms with E-state index < -0.39 is 39.3 Å². The van der Waals surface area contributed by atoms with Gasteiger partial charge in [-0.3, -0.25) is 24.0 Å². The van der Waals surface area contributed by atoms with Gasteiger partial charge in [0.05, 0.1) is 16.9 Å². The van der Waals surface area contributed by atoms with E-state index in [1.165, 1.54) is 23.1 Å². The number of carbonyl (C=O) groups excluding carboxylic acids is 2. The average molecular weight is 587 g/mol. The molecule has 3 aromatic carbocycles. The number of nitrogens with zero attached hydrogens (tertiary/aromatic N) is 3. The third-order valence-corrected chi connectivity index (χ3v) is 7.64. The van der Waals surface area contributed by atoms with Crippen LogP contribution in [0.3, 0.4) is 0 Å². The van der Waals surface area contributed by atoms with Crippen molar-refractivity contribution in [1.82, 2.24) is 10.2 Å². The van der Waals surface area contributed by atoms with Crippen LogP contribution in [-0.4, -0.2) is 55.4 Å². The third kappa shape index (κ3) is 8.27. The molecule has 2 amide bonds. The first-order valence-electron chi connectivity index (χ1n) is 12.6. The number of nitro groups is 1. The van der Waals surface area contributed by atoms with Gasteiger partial charge >= 0.3 is 0 Å². The average Bonchev–Trinajstić information content (AvgIpc) is 2.93. The molecule has 0 aliphatic rings. The number of anilines is 1. The Labute approximate surface area is 238 Å². The smallest absolute Gasteiger partial charge is 0.271 e. The monoisotopic (exact) mass is 586 g/mol. The maximum absolute atomic E-state index is 14.0. The number of hydrogen-bond acceptors (Lipinski definition) is 6. The number of nitrogens with one attached hydrogen (secondary N) is 1. The van der Waals surface area contributed by atoms with Gasteiger partial charge in [-0.15, -0.1) is 0 Å². The third-order valence-electron chi connectivity index (χ3n) is 6.13. The highest BCUT2D eigenvalue weighted by atomic mass is 35.5. The van der Waals surface area contributed by atoms with Crippen LogP contribution in [-0.2, 0) is 32.6 Å². The van der Waals surface area contributed by atoms with Gasteiger partial charge in [-0.2, -0.15) is 0 Å². The van der Waals surface area contributed by atoms with Crippen molar-refractivity contribution in [3.63, 3.8) is 0 Å². The molecule has 3 rings (SSSR count). The molecule has 0 heterocycles. The molecule has 0 aliphatic heterocycles. The Morgan fingerprint density at radius 3 is 2.33 bits per heavy atom. The molecule has 1 N–H and O–H groups in total. The Bertz CT molecular complexity index is 1450. The van der Waals surface area contributed by atoms with Crippen molar-refractivity contribution in [2.24, 2.45) is 0 Å². The summed E-state index contributed by atoms with van der Waals surface area (Å²) in [5.41, 5.74) is 1.00. The summed E-state index contributed by atoms with van der Waals surface area (Å²) in [7, 11) is -4.05. The number of benzene rings is 3. The van der Waals surface area contributed by atoms with Crippen LogP contribution in [0.5, 0.6) is 0 Å². The van der Waals surface area contributed by atoms with Crippen LogP contribution < -0.4 is 9.62 Å². The number of non-ortho nitro benzene ring substituents is 1. The van der Waals surface area contributed by atoms with E-state index in [4.69, 9.17) is 11.6 Å². The minimum absolute atomic E-state index is 0.0437. The minimum atomic E-state index is -4.05. The lowest BCUT2D eigenvalue weighted by Gasteiger charge is -2.33. The van der Waals surface area contributed by atoms with Crippen molar-refractivity contribution < 1.29 is 22.9 Å². The Balaban J connectivity index is 2.07. The Hall–Kier alpha value is -3.96. The molecule has 0 aliphatic carbocycles. The van der Waals surface area contributed by atoms with Gasteiger partial charge in [-0.05, 0) is 29.7 Å². The first-order chi connectivity index (χ1) is 19.0. The van der Waals surface area contributed by atoms with Crippen LogP contribution in [0.15, 0.2) is 78.9 Å². The summed E-state index contributed by atoms with van der Waals surface area (Å²) >= 11 is 6.41. The molecular formula is C28H31ClN4O6S. The molecule has 0 fully saturated rings. The van der Waals surface area contributed by atoms with Gasteiger partial charge in [0.2, 0.25) is 21.8 Å². The van der Waals surface area contributed by atoms with Crippen LogP contribution in [0.2, 0.25) is 5.02 Å². The molecule has 0 saturated heterocycles. The van der Waals surface area contributed by atoms with Gasteiger partial charge in [0.25, 0.3) is 5.69 Å². The number of hydrogen-bond donors (Lipinski definition) is 1. The van der Waals surface area contributed by atoms with Crippen LogP contribution in [0.4, 0.5) is 11.4 Å². The predicted molar refractivity (Wildman–Crippen MR) is 155 cm³/mol. The van der Waals surface area contributed by atoms with Crippen molar-refractivity contribution >= 4 is 44.8 Å². The fraction of sp³-hybridized carbons (Fsp3) is 0.286. The second-order valence-electron chi connectivity index (χ2n) is 9.16. The molecule has 1 atom stereocenters. The normalized spacial score (nSPS) is 11.9. The quantitative estimate of drug-likeness (QED) is 0.236. The zero-order valence-electron chi connectivity index (χ0n) is 22.2. The second kappa shape index (κ2) is 13.9. The highest BCUT2D eigenvalue weighted by Gasteiger charge is 2.33. The molecule has 3 aromatic rings. The fourth-order valence-corrected chi connectivity index (χ4v) is 5.14. The highest BCUT2D eigenvalue weighted by Crippen LogP contribution is 2.25. The Morgan fingerprint density at radius 1 is 1.02 bits per heavy atom. The largest absolute Gasteiger partial charge is 0.354 e. The lowest BCUT2D eigenvalue weighted by Crippen LogP contribution is -2.53. The number of carbonyl (C=O) groups is 2. The SMILES string of the molecule is CCCNC(=O)[C@@H](Cc1ccccc1)N(Cc1ccccc1Cl)C(=O)CN(c1cccc([N+](=O)[O-])c1)S(C)(=O)=O. The van der Waals surface area contributed by atoms with Crippen molar-refractivity contribution in [3.8, 4) is 0 Å². The zero-order valence-corrected chi connectivity index (χ0v) is 23.8. The lowest BCUT2D eigenvalue weighted by molar-refractivity contribution is -0.384. The molecule has 0 unspecified atom stereocenters. The lowest BCUT2D eigenvalue weighted by atomic mass is 10.0. The molecule has 0 aromatic heterocycles. The maximum Gasteiger partial charge on any atom is 0.271 e. The van der Waals surface area contributed by atoms with Gasteiger partial charge < -0.3 is 10.2 Å². The van der Waals surface area contributed by atoms with E-state index in [2.05, 4.69) is 5.32 Å². The first kappa shape index (κ1) is 30.6. The number of halogens is 1. The summed E-state index contributed by atoms with van der Waals surface area (Å²) in [5, 5.41) is 14.6. The summed E-state index contributed by atoms with van der Waals surface area (Å²) in [4.78, 5) is 39.4. The minimum Gasteiger partial charge on any atom is -0.354 e. The molecule has 0 bridgehead atoms. The van der Waals surface area contributed by atoms with Gasteiger partial charge in [0.15, 0.2) is 0 Å². The molecule has 0 saturated carbocycles. The van der Waals surface area contributed by atoms with Crippen molar-refractivity contribution in [3.05, 3.63) is 105 Å². The molecule has 0 spiro atoms. The van der Waals surface area contributed by atoms with Crippen LogP contribution in [0.1, 0.15) is 24.5 Å². The maximum atomic E-state index is 14.0. The molecule has 12 heteroatoms. The van der Waals surface area contributed by atoms with Gasteiger partial charge in [0, 0.05) is 36.7 Å². The van der Waals surface area contributed by atoms with Gasteiger partial charge in [-0.1, -0.05) is 73.1 Å².